The smallest absolute Gasteiger partial charge is 0.255 e. The number of hydrogen-bond donors (Lipinski definition) is 1. The predicted octanol–water partition coefficient (Wildman–Crippen LogP) is 3.46. The maximum Gasteiger partial charge on any atom is 0.255 e. The Hall–Kier alpha value is -2.82. The molecule has 24 heavy (non-hydrogen) atoms. The Morgan fingerprint density at radius 1 is 1.04 bits per heavy atom. The van der Waals surface area contributed by atoms with Gasteiger partial charge in [0.05, 0.1) is 7.11 Å². The lowest BCUT2D eigenvalue weighted by molar-refractivity contribution is -0.119. The molecule has 0 aliphatic carbocycles. The number of piperidine rings is 1. The number of amides is 2. The van der Waals surface area contributed by atoms with E-state index in [2.05, 4.69) is 5.32 Å². The Morgan fingerprint density at radius 3 is 2.38 bits per heavy atom. The highest BCUT2D eigenvalue weighted by Gasteiger charge is 2.19. The van der Waals surface area contributed by atoms with E-state index < -0.39 is 0 Å². The molecule has 5 nitrogen and oxygen atoms in total. The van der Waals surface area contributed by atoms with Crippen molar-refractivity contribution in [1.29, 1.82) is 0 Å². The summed E-state index contributed by atoms with van der Waals surface area (Å²) in [6, 6.07) is 14.3. The molecule has 0 saturated carbocycles. The molecule has 0 radical (unpaired) electrons. The molecule has 2 aromatic rings. The minimum Gasteiger partial charge on any atom is -0.497 e. The largest absolute Gasteiger partial charge is 0.497 e. The maximum atomic E-state index is 12.3. The van der Waals surface area contributed by atoms with Crippen molar-refractivity contribution in [1.82, 2.24) is 0 Å². The van der Waals surface area contributed by atoms with E-state index in [0.29, 0.717) is 17.7 Å². The highest BCUT2D eigenvalue weighted by molar-refractivity contribution is 6.04. The molecule has 0 spiro atoms. The van der Waals surface area contributed by atoms with Crippen LogP contribution in [0.1, 0.15) is 29.6 Å². The molecule has 0 bridgehead atoms. The normalized spacial score (nSPS) is 14.4. The maximum absolute atomic E-state index is 12.3. The zero-order valence-corrected chi connectivity index (χ0v) is 13.6. The van der Waals surface area contributed by atoms with Gasteiger partial charge in [0, 0.05) is 29.9 Å². The van der Waals surface area contributed by atoms with E-state index in [0.717, 1.165) is 30.8 Å². The van der Waals surface area contributed by atoms with E-state index in [1.54, 1.807) is 48.4 Å². The number of anilines is 2. The van der Waals surface area contributed by atoms with Crippen LogP contribution in [0.2, 0.25) is 0 Å². The fraction of sp³-hybridized carbons (Fsp3) is 0.263. The van der Waals surface area contributed by atoms with Crippen LogP contribution < -0.4 is 15.0 Å². The molecule has 0 aromatic heterocycles. The van der Waals surface area contributed by atoms with Crippen molar-refractivity contribution in [2.45, 2.75) is 19.3 Å². The average Bonchev–Trinajstić information content (AvgIpc) is 2.63. The summed E-state index contributed by atoms with van der Waals surface area (Å²) in [5.74, 6) is 0.705. The third kappa shape index (κ3) is 3.56. The molecule has 1 aliphatic rings. The van der Waals surface area contributed by atoms with Crippen molar-refractivity contribution >= 4 is 23.2 Å². The van der Waals surface area contributed by atoms with Crippen molar-refractivity contribution in [3.63, 3.8) is 0 Å². The van der Waals surface area contributed by atoms with Gasteiger partial charge in [-0.3, -0.25) is 9.59 Å². The molecule has 5 heteroatoms. The monoisotopic (exact) mass is 324 g/mol. The molecule has 1 aliphatic heterocycles. The van der Waals surface area contributed by atoms with Crippen LogP contribution >= 0.6 is 0 Å². The predicted molar refractivity (Wildman–Crippen MR) is 93.6 cm³/mol. The second-order valence-corrected chi connectivity index (χ2v) is 5.73. The highest BCUT2D eigenvalue weighted by Crippen LogP contribution is 2.22. The Labute approximate surface area is 141 Å². The number of carbonyl (C=O) groups excluding carboxylic acids is 2. The SMILES string of the molecule is COc1ccc(NC(=O)c2ccc(N3CCCCC3=O)cc2)cc1. The minimum atomic E-state index is -0.184. The van der Waals surface area contributed by atoms with Crippen molar-refractivity contribution < 1.29 is 14.3 Å². The van der Waals surface area contributed by atoms with Crippen LogP contribution in [0.3, 0.4) is 0 Å². The number of nitrogens with zero attached hydrogens (tertiary/aromatic N) is 1. The number of hydrogen-bond acceptors (Lipinski definition) is 3. The van der Waals surface area contributed by atoms with E-state index in [4.69, 9.17) is 4.74 Å². The van der Waals surface area contributed by atoms with Crippen LogP contribution in [-0.2, 0) is 4.79 Å². The molecule has 0 unspecified atom stereocenters. The van der Waals surface area contributed by atoms with Crippen molar-refractivity contribution in [2.24, 2.45) is 0 Å². The van der Waals surface area contributed by atoms with Gasteiger partial charge in [-0.2, -0.15) is 0 Å². The van der Waals surface area contributed by atoms with Gasteiger partial charge < -0.3 is 15.0 Å². The zero-order valence-electron chi connectivity index (χ0n) is 13.6. The molecule has 1 saturated heterocycles. The second-order valence-electron chi connectivity index (χ2n) is 5.73. The quantitative estimate of drug-likeness (QED) is 0.937. The first-order valence-corrected chi connectivity index (χ1v) is 8.03. The van der Waals surface area contributed by atoms with Gasteiger partial charge in [0.15, 0.2) is 0 Å². The van der Waals surface area contributed by atoms with Crippen molar-refractivity contribution in [3.05, 3.63) is 54.1 Å². The van der Waals surface area contributed by atoms with Gasteiger partial charge in [-0.25, -0.2) is 0 Å². The highest BCUT2D eigenvalue weighted by atomic mass is 16.5. The van der Waals surface area contributed by atoms with E-state index in [-0.39, 0.29) is 11.8 Å². The molecule has 3 rings (SSSR count). The molecule has 0 atom stereocenters. The average molecular weight is 324 g/mol. The molecule has 2 aromatic carbocycles. The van der Waals surface area contributed by atoms with Gasteiger partial charge in [-0.1, -0.05) is 0 Å². The standard InChI is InChI=1S/C19H20N2O3/c1-24-17-11-7-15(8-12-17)20-19(23)14-5-9-16(10-6-14)21-13-3-2-4-18(21)22/h5-12H,2-4,13H2,1H3,(H,20,23). The molecular formula is C19H20N2O3. The number of ether oxygens (including phenoxy) is 1. The zero-order chi connectivity index (χ0) is 16.9. The number of methoxy groups -OCH3 is 1. The minimum absolute atomic E-state index is 0.150. The third-order valence-electron chi connectivity index (χ3n) is 4.11. The number of rotatable bonds is 4. The van der Waals surface area contributed by atoms with Crippen LogP contribution in [0.25, 0.3) is 0 Å². The van der Waals surface area contributed by atoms with Gasteiger partial charge in [0.1, 0.15) is 5.75 Å². The summed E-state index contributed by atoms with van der Waals surface area (Å²) in [5, 5.41) is 2.84. The van der Waals surface area contributed by atoms with Crippen molar-refractivity contribution in [3.8, 4) is 5.75 Å². The molecule has 1 fully saturated rings. The topological polar surface area (TPSA) is 58.6 Å². The molecular weight excluding hydrogens is 304 g/mol. The Balaban J connectivity index is 1.67. The second kappa shape index (κ2) is 7.17. The van der Waals surface area contributed by atoms with Gasteiger partial charge >= 0.3 is 0 Å². The van der Waals surface area contributed by atoms with E-state index in [9.17, 15) is 9.59 Å². The van der Waals surface area contributed by atoms with E-state index in [1.807, 2.05) is 12.1 Å². The van der Waals surface area contributed by atoms with Gasteiger partial charge in [0.25, 0.3) is 5.91 Å². The number of benzene rings is 2. The third-order valence-corrected chi connectivity index (χ3v) is 4.11. The lowest BCUT2D eigenvalue weighted by Gasteiger charge is -2.26. The summed E-state index contributed by atoms with van der Waals surface area (Å²) in [6.45, 7) is 0.746. The first kappa shape index (κ1) is 16.1. The van der Waals surface area contributed by atoms with Crippen LogP contribution in [0, 0.1) is 0 Å². The van der Waals surface area contributed by atoms with Gasteiger partial charge in [-0.15, -0.1) is 0 Å². The number of carbonyl (C=O) groups is 2. The van der Waals surface area contributed by atoms with Gasteiger partial charge in [0.2, 0.25) is 5.91 Å². The van der Waals surface area contributed by atoms with E-state index >= 15 is 0 Å². The first-order valence-electron chi connectivity index (χ1n) is 8.03. The Kier molecular flexibility index (Phi) is 4.79. The van der Waals surface area contributed by atoms with E-state index in [1.165, 1.54) is 0 Å². The summed E-state index contributed by atoms with van der Waals surface area (Å²) < 4.78 is 5.09. The lowest BCUT2D eigenvalue weighted by Crippen LogP contribution is -2.35. The van der Waals surface area contributed by atoms with Crippen LogP contribution in [0.15, 0.2) is 48.5 Å². The molecule has 1 heterocycles. The summed E-state index contributed by atoms with van der Waals surface area (Å²) >= 11 is 0. The lowest BCUT2D eigenvalue weighted by atomic mass is 10.1. The van der Waals surface area contributed by atoms with Crippen molar-refractivity contribution in [2.75, 3.05) is 23.9 Å². The summed E-state index contributed by atoms with van der Waals surface area (Å²) in [5.41, 5.74) is 2.11. The molecule has 1 N–H and O–H groups in total. The number of nitrogens with one attached hydrogen (secondary N) is 1. The van der Waals surface area contributed by atoms with Gasteiger partial charge in [-0.05, 0) is 61.4 Å². The fourth-order valence-electron chi connectivity index (χ4n) is 2.75. The summed E-state index contributed by atoms with van der Waals surface area (Å²) in [6.07, 6.45) is 2.57. The van der Waals surface area contributed by atoms with Crippen LogP contribution in [0.5, 0.6) is 5.75 Å². The summed E-state index contributed by atoms with van der Waals surface area (Å²) in [4.78, 5) is 26.0. The molecule has 124 valence electrons. The molecule has 2 amide bonds. The Bertz CT molecular complexity index is 723. The fourth-order valence-corrected chi connectivity index (χ4v) is 2.75. The van der Waals surface area contributed by atoms with Crippen LogP contribution in [-0.4, -0.2) is 25.5 Å². The Morgan fingerprint density at radius 2 is 1.75 bits per heavy atom. The van der Waals surface area contributed by atoms with Crippen LogP contribution in [0.4, 0.5) is 11.4 Å². The first-order chi connectivity index (χ1) is 11.7. The summed E-state index contributed by atoms with van der Waals surface area (Å²) in [7, 11) is 1.60.